The van der Waals surface area contributed by atoms with Crippen molar-refractivity contribution in [3.63, 3.8) is 0 Å². The van der Waals surface area contributed by atoms with Crippen LogP contribution < -0.4 is 15.0 Å². The molecule has 1 aromatic carbocycles. The summed E-state index contributed by atoms with van der Waals surface area (Å²) in [7, 11) is 0. The van der Waals surface area contributed by atoms with E-state index in [0.29, 0.717) is 40.4 Å². The largest absolute Gasteiger partial charge is 0.436 e. The number of piperidine rings is 1. The van der Waals surface area contributed by atoms with Gasteiger partial charge in [0.05, 0.1) is 5.69 Å². The predicted molar refractivity (Wildman–Crippen MR) is 124 cm³/mol. The zero-order valence-corrected chi connectivity index (χ0v) is 19.3. The van der Waals surface area contributed by atoms with Crippen molar-refractivity contribution in [3.05, 3.63) is 47.1 Å². The zero-order valence-electron chi connectivity index (χ0n) is 18.5. The Morgan fingerprint density at radius 3 is 2.81 bits per heavy atom. The Kier molecular flexibility index (Phi) is 6.96. The van der Waals surface area contributed by atoms with Crippen LogP contribution in [0.1, 0.15) is 37.0 Å². The van der Waals surface area contributed by atoms with E-state index in [1.807, 2.05) is 0 Å². The first-order valence-electron chi connectivity index (χ1n) is 11.1. The highest BCUT2D eigenvalue weighted by atomic mass is 35.5. The number of aromatic nitrogens is 1. The molecule has 0 spiro atoms. The number of nitrogens with one attached hydrogen (secondary N) is 1. The number of ether oxygens (including phenoxy) is 1. The molecule has 1 saturated heterocycles. The Bertz CT molecular complexity index is 989. The number of carbonyl (C=O) groups excluding carboxylic acids is 2. The van der Waals surface area contributed by atoms with Gasteiger partial charge in [-0.2, -0.15) is 0 Å². The lowest BCUT2D eigenvalue weighted by molar-refractivity contribution is -0.119. The van der Waals surface area contributed by atoms with E-state index in [0.717, 1.165) is 26.1 Å². The Hall–Kier alpha value is -2.64. The minimum atomic E-state index is -0.347. The number of pyridine rings is 1. The molecule has 3 heterocycles. The van der Waals surface area contributed by atoms with Crippen LogP contribution in [0.4, 0.5) is 5.69 Å². The van der Waals surface area contributed by atoms with E-state index in [1.165, 1.54) is 11.3 Å². The molecule has 0 aliphatic carbocycles. The van der Waals surface area contributed by atoms with Crippen molar-refractivity contribution in [1.29, 1.82) is 0 Å². The number of carbonyl (C=O) groups is 2. The van der Waals surface area contributed by atoms with Gasteiger partial charge in [0, 0.05) is 30.9 Å². The second-order valence-electron chi connectivity index (χ2n) is 8.87. The van der Waals surface area contributed by atoms with Gasteiger partial charge in [-0.15, -0.1) is 0 Å². The molecule has 2 aliphatic rings. The van der Waals surface area contributed by atoms with Crippen LogP contribution in [0.15, 0.2) is 36.5 Å². The van der Waals surface area contributed by atoms with Gasteiger partial charge < -0.3 is 15.0 Å². The predicted octanol–water partition coefficient (Wildman–Crippen LogP) is 3.97. The van der Waals surface area contributed by atoms with Gasteiger partial charge in [0.15, 0.2) is 5.75 Å². The first-order chi connectivity index (χ1) is 15.4. The highest BCUT2D eigenvalue weighted by Gasteiger charge is 2.30. The summed E-state index contributed by atoms with van der Waals surface area (Å²) in [5.74, 6) is 1.51. The maximum Gasteiger partial charge on any atom is 0.264 e. The van der Waals surface area contributed by atoms with Crippen LogP contribution in [0.3, 0.4) is 0 Å². The van der Waals surface area contributed by atoms with Crippen molar-refractivity contribution in [1.82, 2.24) is 15.2 Å². The topological polar surface area (TPSA) is 74.8 Å². The Balaban J connectivity index is 1.39. The van der Waals surface area contributed by atoms with Crippen molar-refractivity contribution >= 4 is 29.1 Å². The molecule has 0 saturated carbocycles. The highest BCUT2D eigenvalue weighted by molar-refractivity contribution is 6.31. The van der Waals surface area contributed by atoms with Crippen LogP contribution in [0, 0.1) is 11.8 Å². The molecule has 8 heteroatoms. The van der Waals surface area contributed by atoms with Gasteiger partial charge >= 0.3 is 0 Å². The Morgan fingerprint density at radius 2 is 2.03 bits per heavy atom. The number of hydrogen-bond acceptors (Lipinski definition) is 5. The van der Waals surface area contributed by atoms with Crippen LogP contribution in [0.5, 0.6) is 11.6 Å². The third kappa shape index (κ3) is 5.22. The van der Waals surface area contributed by atoms with Gasteiger partial charge in [-0.1, -0.05) is 25.4 Å². The fourth-order valence-electron chi connectivity index (χ4n) is 4.64. The number of amides is 2. The van der Waals surface area contributed by atoms with Crippen LogP contribution in [-0.4, -0.2) is 54.4 Å². The average Bonchev–Trinajstić information content (AvgIpc) is 2.86. The molecule has 0 bridgehead atoms. The third-order valence-electron chi connectivity index (χ3n) is 5.88. The summed E-state index contributed by atoms with van der Waals surface area (Å²) >= 11 is 6.17. The minimum Gasteiger partial charge on any atom is -0.436 e. The monoisotopic (exact) mass is 456 g/mol. The summed E-state index contributed by atoms with van der Waals surface area (Å²) < 4.78 is 5.85. The number of likely N-dealkylation sites (tertiary alicyclic amines) is 1. The number of fused-ring (bicyclic) bond motifs is 2. The molecule has 2 aliphatic heterocycles. The SMILES string of the molecule is C[C@H]1C[C@H](C)CN(CCCNC(=O)CN2C(=O)c3cccnc3Oc3ccc(Cl)cc32)C1. The maximum atomic E-state index is 13.2. The van der Waals surface area contributed by atoms with Crippen LogP contribution in [0.2, 0.25) is 5.02 Å². The second-order valence-corrected chi connectivity index (χ2v) is 9.31. The molecule has 1 N–H and O–H groups in total. The van der Waals surface area contributed by atoms with Gasteiger partial charge in [-0.05, 0) is 61.6 Å². The molecule has 7 nitrogen and oxygen atoms in total. The number of benzene rings is 1. The van der Waals surface area contributed by atoms with Crippen LogP contribution >= 0.6 is 11.6 Å². The van der Waals surface area contributed by atoms with Crippen molar-refractivity contribution in [2.75, 3.05) is 37.6 Å². The van der Waals surface area contributed by atoms with Gasteiger partial charge in [0.25, 0.3) is 5.91 Å². The molecule has 0 unspecified atom stereocenters. The van der Waals surface area contributed by atoms with E-state index in [9.17, 15) is 9.59 Å². The molecule has 0 radical (unpaired) electrons. The molecular weight excluding hydrogens is 428 g/mol. The molecule has 170 valence electrons. The van der Waals surface area contributed by atoms with Crippen molar-refractivity contribution in [2.24, 2.45) is 11.8 Å². The molecule has 1 aromatic heterocycles. The number of nitrogens with zero attached hydrogens (tertiary/aromatic N) is 3. The minimum absolute atomic E-state index is 0.123. The maximum absolute atomic E-state index is 13.2. The average molecular weight is 457 g/mol. The van der Waals surface area contributed by atoms with E-state index in [-0.39, 0.29) is 24.2 Å². The molecule has 4 rings (SSSR count). The number of anilines is 1. The summed E-state index contributed by atoms with van der Waals surface area (Å²) in [4.78, 5) is 34.0. The quantitative estimate of drug-likeness (QED) is 0.665. The Morgan fingerprint density at radius 1 is 1.25 bits per heavy atom. The third-order valence-corrected chi connectivity index (χ3v) is 6.12. The van der Waals surface area contributed by atoms with Gasteiger partial charge in [0.2, 0.25) is 11.8 Å². The fraction of sp³-hybridized carbons (Fsp3) is 0.458. The number of halogens is 1. The highest BCUT2D eigenvalue weighted by Crippen LogP contribution is 2.39. The molecular formula is C24H29ClN4O3. The van der Waals surface area contributed by atoms with Crippen LogP contribution in [-0.2, 0) is 4.79 Å². The summed E-state index contributed by atoms with van der Waals surface area (Å²) in [6.45, 7) is 8.23. The van der Waals surface area contributed by atoms with Crippen molar-refractivity contribution < 1.29 is 14.3 Å². The first kappa shape index (κ1) is 22.6. The van der Waals surface area contributed by atoms with Gasteiger partial charge in [-0.3, -0.25) is 14.5 Å². The summed E-state index contributed by atoms with van der Waals surface area (Å²) in [5.41, 5.74) is 0.757. The van der Waals surface area contributed by atoms with E-state index < -0.39 is 0 Å². The molecule has 2 aromatic rings. The lowest BCUT2D eigenvalue weighted by atomic mass is 9.92. The first-order valence-corrected chi connectivity index (χ1v) is 11.5. The second kappa shape index (κ2) is 9.88. The van der Waals surface area contributed by atoms with Gasteiger partial charge in [-0.25, -0.2) is 4.98 Å². The van der Waals surface area contributed by atoms with Crippen molar-refractivity contribution in [2.45, 2.75) is 26.7 Å². The zero-order chi connectivity index (χ0) is 22.7. The van der Waals surface area contributed by atoms with E-state index in [1.54, 1.807) is 36.5 Å². The smallest absolute Gasteiger partial charge is 0.264 e. The molecule has 2 amide bonds. The van der Waals surface area contributed by atoms with E-state index in [2.05, 4.69) is 29.0 Å². The Labute approximate surface area is 193 Å². The molecule has 1 fully saturated rings. The number of hydrogen-bond donors (Lipinski definition) is 1. The van der Waals surface area contributed by atoms with E-state index >= 15 is 0 Å². The normalized spacial score (nSPS) is 20.7. The number of rotatable bonds is 6. The lowest BCUT2D eigenvalue weighted by Gasteiger charge is -2.34. The van der Waals surface area contributed by atoms with E-state index in [4.69, 9.17) is 16.3 Å². The summed E-state index contributed by atoms with van der Waals surface area (Å²) in [6.07, 6.45) is 3.72. The molecule has 2 atom stereocenters. The van der Waals surface area contributed by atoms with Gasteiger partial charge in [0.1, 0.15) is 12.1 Å². The fourth-order valence-corrected chi connectivity index (χ4v) is 4.81. The summed E-state index contributed by atoms with van der Waals surface area (Å²) in [6, 6.07) is 8.31. The lowest BCUT2D eigenvalue weighted by Crippen LogP contribution is -2.42. The molecule has 32 heavy (non-hydrogen) atoms. The van der Waals surface area contributed by atoms with Crippen molar-refractivity contribution in [3.8, 4) is 11.6 Å². The van der Waals surface area contributed by atoms with Crippen LogP contribution in [0.25, 0.3) is 0 Å². The summed E-state index contributed by atoms with van der Waals surface area (Å²) in [5, 5.41) is 3.41. The standard InChI is InChI=1S/C24H29ClN4O3/c1-16-11-17(2)14-28(13-16)10-4-9-26-22(30)15-29-20-12-18(25)6-7-21(20)32-23-19(24(29)31)5-3-8-27-23/h3,5-8,12,16-17H,4,9-11,13-15H2,1-2H3,(H,26,30)/t16-,17-/m0/s1.